The predicted molar refractivity (Wildman–Crippen MR) is 69.6 cm³/mol. The maximum Gasteiger partial charge on any atom is 0.182 e. The summed E-state index contributed by atoms with van der Waals surface area (Å²) in [5.74, 6) is 0.187. The summed E-state index contributed by atoms with van der Waals surface area (Å²) in [6, 6.07) is 6.12. The highest BCUT2D eigenvalue weighted by molar-refractivity contribution is 5.97. The topological polar surface area (TPSA) is 34.9 Å². The lowest BCUT2D eigenvalue weighted by Crippen LogP contribution is -2.14. The molecule has 0 spiro atoms. The van der Waals surface area contributed by atoms with Crippen molar-refractivity contribution in [3.63, 3.8) is 0 Å². The molecule has 2 aromatic rings. The lowest BCUT2D eigenvalue weighted by atomic mass is 9.87. The van der Waals surface area contributed by atoms with E-state index in [1.807, 2.05) is 22.9 Å². The molecule has 0 fully saturated rings. The van der Waals surface area contributed by atoms with Crippen molar-refractivity contribution in [2.75, 3.05) is 0 Å². The van der Waals surface area contributed by atoms with Crippen LogP contribution in [0.2, 0.25) is 0 Å². The number of aryl methyl sites for hydroxylation is 1. The molecule has 18 heavy (non-hydrogen) atoms. The zero-order chi connectivity index (χ0) is 12.4. The number of hydrogen-bond donors (Lipinski definition) is 0. The van der Waals surface area contributed by atoms with E-state index in [1.165, 1.54) is 24.0 Å². The molecule has 0 N–H and O–H groups in total. The van der Waals surface area contributed by atoms with Crippen LogP contribution < -0.4 is 0 Å². The van der Waals surface area contributed by atoms with Crippen molar-refractivity contribution < 1.29 is 4.79 Å². The van der Waals surface area contributed by atoms with Crippen LogP contribution in [0.5, 0.6) is 0 Å². The van der Waals surface area contributed by atoms with Crippen LogP contribution in [0.1, 0.15) is 34.3 Å². The lowest BCUT2D eigenvalue weighted by molar-refractivity contribution is 0.0971. The Bertz CT molecular complexity index is 558. The van der Waals surface area contributed by atoms with Crippen LogP contribution >= 0.6 is 0 Å². The molecular formula is C15H16N2O. The van der Waals surface area contributed by atoms with Crippen molar-refractivity contribution in [2.45, 2.75) is 32.2 Å². The third-order valence-corrected chi connectivity index (χ3v) is 3.58. The summed E-state index contributed by atoms with van der Waals surface area (Å²) >= 11 is 0. The molecule has 0 amide bonds. The highest BCUT2D eigenvalue weighted by atomic mass is 16.1. The minimum atomic E-state index is 0.187. The van der Waals surface area contributed by atoms with E-state index in [1.54, 1.807) is 12.5 Å². The Hall–Kier alpha value is -1.90. The molecule has 3 heteroatoms. The van der Waals surface area contributed by atoms with Gasteiger partial charge in [0.1, 0.15) is 0 Å². The van der Waals surface area contributed by atoms with Crippen LogP contribution in [0.25, 0.3) is 0 Å². The van der Waals surface area contributed by atoms with Crippen molar-refractivity contribution in [2.24, 2.45) is 0 Å². The minimum Gasteiger partial charge on any atom is -0.330 e. The van der Waals surface area contributed by atoms with Crippen molar-refractivity contribution >= 4 is 5.78 Å². The van der Waals surface area contributed by atoms with Crippen molar-refractivity contribution in [3.8, 4) is 0 Å². The number of Topliss-reactive ketones (excluding diaryl/α,β-unsaturated/α-hetero) is 1. The van der Waals surface area contributed by atoms with E-state index in [0.29, 0.717) is 6.54 Å². The fourth-order valence-corrected chi connectivity index (χ4v) is 2.67. The van der Waals surface area contributed by atoms with E-state index in [2.05, 4.69) is 11.1 Å². The van der Waals surface area contributed by atoms with Gasteiger partial charge in [-0.25, -0.2) is 4.98 Å². The first-order valence-corrected chi connectivity index (χ1v) is 6.44. The summed E-state index contributed by atoms with van der Waals surface area (Å²) in [6.07, 6.45) is 9.81. The smallest absolute Gasteiger partial charge is 0.182 e. The molecule has 0 atom stereocenters. The third kappa shape index (κ3) is 2.08. The Labute approximate surface area is 106 Å². The summed E-state index contributed by atoms with van der Waals surface area (Å²) in [5.41, 5.74) is 3.53. The maximum atomic E-state index is 12.3. The Morgan fingerprint density at radius 3 is 3.00 bits per heavy atom. The van der Waals surface area contributed by atoms with Crippen LogP contribution in [0.15, 0.2) is 36.9 Å². The van der Waals surface area contributed by atoms with Crippen molar-refractivity contribution in [3.05, 3.63) is 53.6 Å². The van der Waals surface area contributed by atoms with E-state index in [0.717, 1.165) is 18.4 Å². The molecule has 1 aromatic heterocycles. The quantitative estimate of drug-likeness (QED) is 0.773. The highest BCUT2D eigenvalue weighted by Crippen LogP contribution is 2.24. The molecule has 1 aromatic carbocycles. The number of nitrogens with zero attached hydrogens (tertiary/aromatic N) is 2. The van der Waals surface area contributed by atoms with E-state index in [9.17, 15) is 4.79 Å². The van der Waals surface area contributed by atoms with Gasteiger partial charge in [0.15, 0.2) is 5.78 Å². The Morgan fingerprint density at radius 2 is 2.17 bits per heavy atom. The molecule has 1 aliphatic rings. The van der Waals surface area contributed by atoms with Gasteiger partial charge in [-0.15, -0.1) is 0 Å². The molecule has 92 valence electrons. The number of aromatic nitrogens is 2. The molecule has 0 unspecified atom stereocenters. The van der Waals surface area contributed by atoms with E-state index >= 15 is 0 Å². The first-order chi connectivity index (χ1) is 8.84. The molecule has 0 bridgehead atoms. The second-order valence-electron chi connectivity index (χ2n) is 4.81. The maximum absolute atomic E-state index is 12.3. The molecule has 3 rings (SSSR count). The first-order valence-electron chi connectivity index (χ1n) is 6.44. The van der Waals surface area contributed by atoms with Crippen LogP contribution in [-0.2, 0) is 19.4 Å². The molecule has 0 saturated carbocycles. The lowest BCUT2D eigenvalue weighted by Gasteiger charge is -2.18. The number of rotatable bonds is 3. The summed E-state index contributed by atoms with van der Waals surface area (Å²) in [5, 5.41) is 0. The fraction of sp³-hybridized carbons (Fsp3) is 0.333. The van der Waals surface area contributed by atoms with E-state index in [4.69, 9.17) is 0 Å². The van der Waals surface area contributed by atoms with E-state index in [-0.39, 0.29) is 5.78 Å². The van der Waals surface area contributed by atoms with Gasteiger partial charge < -0.3 is 4.57 Å². The number of ketones is 1. The summed E-state index contributed by atoms with van der Waals surface area (Å²) in [7, 11) is 0. The Balaban J connectivity index is 1.89. The number of carbonyl (C=O) groups is 1. The standard InChI is InChI=1S/C15H16N2O/c18-15(10-17-9-8-16-11-17)14-7-3-5-12-4-1-2-6-13(12)14/h3,5,7-9,11H,1-2,4,6,10H2. The SMILES string of the molecule is O=C(Cn1ccnc1)c1cccc2c1CCCC2. The largest absolute Gasteiger partial charge is 0.330 e. The monoisotopic (exact) mass is 240 g/mol. The van der Waals surface area contributed by atoms with Gasteiger partial charge in [0.05, 0.1) is 12.9 Å². The van der Waals surface area contributed by atoms with Gasteiger partial charge in [0, 0.05) is 18.0 Å². The Morgan fingerprint density at radius 1 is 1.28 bits per heavy atom. The first kappa shape index (κ1) is 11.2. The zero-order valence-corrected chi connectivity index (χ0v) is 10.3. The van der Waals surface area contributed by atoms with Gasteiger partial charge in [-0.05, 0) is 36.8 Å². The molecular weight excluding hydrogens is 224 g/mol. The molecule has 3 nitrogen and oxygen atoms in total. The normalized spacial score (nSPS) is 14.2. The minimum absolute atomic E-state index is 0.187. The fourth-order valence-electron chi connectivity index (χ4n) is 2.67. The van der Waals surface area contributed by atoms with Gasteiger partial charge in [0.25, 0.3) is 0 Å². The zero-order valence-electron chi connectivity index (χ0n) is 10.3. The average Bonchev–Trinajstić information content (AvgIpc) is 2.91. The second-order valence-corrected chi connectivity index (χ2v) is 4.81. The third-order valence-electron chi connectivity index (χ3n) is 3.58. The second kappa shape index (κ2) is 4.77. The highest BCUT2D eigenvalue weighted by Gasteiger charge is 2.17. The van der Waals surface area contributed by atoms with Gasteiger partial charge in [-0.1, -0.05) is 18.2 Å². The van der Waals surface area contributed by atoms with E-state index < -0.39 is 0 Å². The summed E-state index contributed by atoms with van der Waals surface area (Å²) in [4.78, 5) is 16.3. The number of hydrogen-bond acceptors (Lipinski definition) is 2. The van der Waals surface area contributed by atoms with Gasteiger partial charge in [-0.3, -0.25) is 4.79 Å². The average molecular weight is 240 g/mol. The van der Waals surface area contributed by atoms with Crippen LogP contribution in [-0.4, -0.2) is 15.3 Å². The molecule has 1 aliphatic carbocycles. The van der Waals surface area contributed by atoms with Gasteiger partial charge >= 0.3 is 0 Å². The van der Waals surface area contributed by atoms with Crippen LogP contribution in [0.4, 0.5) is 0 Å². The number of carbonyl (C=O) groups excluding carboxylic acids is 1. The van der Waals surface area contributed by atoms with Crippen molar-refractivity contribution in [1.29, 1.82) is 0 Å². The number of benzene rings is 1. The molecule has 0 aliphatic heterocycles. The number of imidazole rings is 1. The number of fused-ring (bicyclic) bond motifs is 1. The van der Waals surface area contributed by atoms with Crippen molar-refractivity contribution in [1.82, 2.24) is 9.55 Å². The van der Waals surface area contributed by atoms with Crippen LogP contribution in [0.3, 0.4) is 0 Å². The summed E-state index contributed by atoms with van der Waals surface area (Å²) < 4.78 is 1.82. The molecule has 0 saturated heterocycles. The van der Waals surface area contributed by atoms with Gasteiger partial charge in [-0.2, -0.15) is 0 Å². The summed E-state index contributed by atoms with van der Waals surface area (Å²) in [6.45, 7) is 0.385. The molecule has 0 radical (unpaired) electrons. The van der Waals surface area contributed by atoms with Gasteiger partial charge in [0.2, 0.25) is 0 Å². The molecule has 1 heterocycles. The Kier molecular flexibility index (Phi) is 2.97. The predicted octanol–water partition coefficient (Wildman–Crippen LogP) is 2.64. The van der Waals surface area contributed by atoms with Crippen LogP contribution in [0, 0.1) is 0 Å².